The number of hydrogen-bond acceptors (Lipinski definition) is 3. The van der Waals surface area contributed by atoms with E-state index in [4.69, 9.17) is 15.9 Å². The SMILES string of the molecule is C#CCNC(=O)COc1ccccc1OC. The molecule has 1 amide bonds. The fourth-order valence-corrected chi connectivity index (χ4v) is 1.08. The van der Waals surface area contributed by atoms with Crippen molar-refractivity contribution in [3.63, 3.8) is 0 Å². The molecule has 1 N–H and O–H groups in total. The van der Waals surface area contributed by atoms with Gasteiger partial charge in [-0.1, -0.05) is 18.1 Å². The minimum atomic E-state index is -0.260. The van der Waals surface area contributed by atoms with Gasteiger partial charge in [0.2, 0.25) is 0 Å². The molecule has 84 valence electrons. The van der Waals surface area contributed by atoms with Crippen LogP contribution < -0.4 is 14.8 Å². The Hall–Kier alpha value is -2.15. The predicted octanol–water partition coefficient (Wildman–Crippen LogP) is 0.823. The number of carbonyl (C=O) groups is 1. The number of rotatable bonds is 5. The van der Waals surface area contributed by atoms with Gasteiger partial charge in [-0.2, -0.15) is 0 Å². The second-order valence-electron chi connectivity index (χ2n) is 2.92. The number of benzene rings is 1. The number of ether oxygens (including phenoxy) is 2. The van der Waals surface area contributed by atoms with E-state index in [1.807, 2.05) is 6.07 Å². The Bertz CT molecular complexity index is 395. The molecule has 16 heavy (non-hydrogen) atoms. The first-order valence-electron chi connectivity index (χ1n) is 4.74. The molecule has 0 heterocycles. The Morgan fingerprint density at radius 3 is 2.75 bits per heavy atom. The van der Waals surface area contributed by atoms with Crippen LogP contribution in [0, 0.1) is 12.3 Å². The van der Waals surface area contributed by atoms with Gasteiger partial charge in [0.25, 0.3) is 5.91 Å². The largest absolute Gasteiger partial charge is 0.493 e. The maximum Gasteiger partial charge on any atom is 0.258 e. The third kappa shape index (κ3) is 3.54. The molecule has 1 aromatic carbocycles. The minimum Gasteiger partial charge on any atom is -0.493 e. The maximum absolute atomic E-state index is 11.2. The highest BCUT2D eigenvalue weighted by Crippen LogP contribution is 2.25. The number of methoxy groups -OCH3 is 1. The van der Waals surface area contributed by atoms with Gasteiger partial charge in [0.1, 0.15) is 0 Å². The van der Waals surface area contributed by atoms with E-state index >= 15 is 0 Å². The molecule has 0 spiro atoms. The molecule has 0 aliphatic rings. The van der Waals surface area contributed by atoms with E-state index in [0.717, 1.165) is 0 Å². The highest BCUT2D eigenvalue weighted by molar-refractivity contribution is 5.77. The molecule has 1 aromatic rings. The van der Waals surface area contributed by atoms with Crippen LogP contribution in [0.2, 0.25) is 0 Å². The van der Waals surface area contributed by atoms with Crippen LogP contribution in [-0.4, -0.2) is 26.2 Å². The first-order chi connectivity index (χ1) is 7.77. The third-order valence-electron chi connectivity index (χ3n) is 1.82. The molecule has 0 bridgehead atoms. The summed E-state index contributed by atoms with van der Waals surface area (Å²) in [5, 5.41) is 2.50. The van der Waals surface area contributed by atoms with Crippen molar-refractivity contribution in [2.45, 2.75) is 0 Å². The number of nitrogens with one attached hydrogen (secondary N) is 1. The van der Waals surface area contributed by atoms with Crippen molar-refractivity contribution >= 4 is 5.91 Å². The van der Waals surface area contributed by atoms with Crippen molar-refractivity contribution in [1.82, 2.24) is 5.32 Å². The molecule has 0 unspecified atom stereocenters. The Morgan fingerprint density at radius 1 is 1.44 bits per heavy atom. The van der Waals surface area contributed by atoms with Crippen LogP contribution in [0.5, 0.6) is 11.5 Å². The minimum absolute atomic E-state index is 0.0813. The fraction of sp³-hybridized carbons (Fsp3) is 0.250. The Morgan fingerprint density at radius 2 is 2.12 bits per heavy atom. The Balaban J connectivity index is 2.48. The molecule has 0 saturated heterocycles. The van der Waals surface area contributed by atoms with E-state index in [1.165, 1.54) is 0 Å². The summed E-state index contributed by atoms with van der Waals surface area (Å²) in [5.41, 5.74) is 0. The normalized spacial score (nSPS) is 9.00. The van der Waals surface area contributed by atoms with E-state index < -0.39 is 0 Å². The lowest BCUT2D eigenvalue weighted by atomic mass is 10.3. The van der Waals surface area contributed by atoms with Gasteiger partial charge >= 0.3 is 0 Å². The lowest BCUT2D eigenvalue weighted by molar-refractivity contribution is -0.122. The molecule has 0 radical (unpaired) electrons. The predicted molar refractivity (Wildman–Crippen MR) is 60.3 cm³/mol. The van der Waals surface area contributed by atoms with Crippen LogP contribution in [0.4, 0.5) is 0 Å². The lowest BCUT2D eigenvalue weighted by Crippen LogP contribution is -2.29. The topological polar surface area (TPSA) is 47.6 Å². The summed E-state index contributed by atoms with van der Waals surface area (Å²) < 4.78 is 10.4. The van der Waals surface area contributed by atoms with Crippen LogP contribution in [-0.2, 0) is 4.79 Å². The average molecular weight is 219 g/mol. The van der Waals surface area contributed by atoms with Crippen molar-refractivity contribution in [3.05, 3.63) is 24.3 Å². The van der Waals surface area contributed by atoms with Gasteiger partial charge in [-0.05, 0) is 12.1 Å². The zero-order chi connectivity index (χ0) is 11.8. The molecule has 0 aromatic heterocycles. The first-order valence-corrected chi connectivity index (χ1v) is 4.74. The van der Waals surface area contributed by atoms with Crippen LogP contribution in [0.25, 0.3) is 0 Å². The number of para-hydroxylation sites is 2. The quantitative estimate of drug-likeness (QED) is 0.746. The number of amides is 1. The molecule has 0 aliphatic heterocycles. The summed E-state index contributed by atoms with van der Waals surface area (Å²) in [6.45, 7) is 0.121. The van der Waals surface area contributed by atoms with Gasteiger partial charge in [0, 0.05) is 0 Å². The van der Waals surface area contributed by atoms with Gasteiger partial charge in [-0.3, -0.25) is 4.79 Å². The summed E-state index contributed by atoms with van der Waals surface area (Å²) >= 11 is 0. The molecule has 0 aliphatic carbocycles. The van der Waals surface area contributed by atoms with Gasteiger partial charge in [-0.25, -0.2) is 0 Å². The fourth-order valence-electron chi connectivity index (χ4n) is 1.08. The molecular formula is C12H13NO3. The van der Waals surface area contributed by atoms with Crippen LogP contribution in [0.1, 0.15) is 0 Å². The summed E-state index contributed by atoms with van der Waals surface area (Å²) in [7, 11) is 1.54. The highest BCUT2D eigenvalue weighted by Gasteiger charge is 2.05. The van der Waals surface area contributed by atoms with Gasteiger partial charge < -0.3 is 14.8 Å². The zero-order valence-corrected chi connectivity index (χ0v) is 9.03. The van der Waals surface area contributed by atoms with E-state index in [0.29, 0.717) is 11.5 Å². The summed E-state index contributed by atoms with van der Waals surface area (Å²) in [5.74, 6) is 3.17. The molecular weight excluding hydrogens is 206 g/mol. The smallest absolute Gasteiger partial charge is 0.258 e. The van der Waals surface area contributed by atoms with Gasteiger partial charge in [0.15, 0.2) is 18.1 Å². The average Bonchev–Trinajstić information content (AvgIpc) is 2.34. The molecule has 0 fully saturated rings. The van der Waals surface area contributed by atoms with Gasteiger partial charge in [-0.15, -0.1) is 6.42 Å². The monoisotopic (exact) mass is 219 g/mol. The second-order valence-corrected chi connectivity index (χ2v) is 2.92. The molecule has 1 rings (SSSR count). The summed E-state index contributed by atoms with van der Waals surface area (Å²) in [4.78, 5) is 11.2. The van der Waals surface area contributed by atoms with Crippen LogP contribution >= 0.6 is 0 Å². The van der Waals surface area contributed by atoms with Crippen LogP contribution in [0.15, 0.2) is 24.3 Å². The van der Waals surface area contributed by atoms with Gasteiger partial charge in [0.05, 0.1) is 13.7 Å². The lowest BCUT2D eigenvalue weighted by Gasteiger charge is -2.09. The molecule has 4 nitrogen and oxygen atoms in total. The molecule has 0 saturated carbocycles. The van der Waals surface area contributed by atoms with E-state index in [1.54, 1.807) is 25.3 Å². The summed E-state index contributed by atoms with van der Waals surface area (Å²) in [6.07, 6.45) is 5.00. The Kier molecular flexibility index (Phi) is 4.74. The van der Waals surface area contributed by atoms with Crippen molar-refractivity contribution in [1.29, 1.82) is 0 Å². The maximum atomic E-state index is 11.2. The summed E-state index contributed by atoms with van der Waals surface area (Å²) in [6, 6.07) is 7.11. The van der Waals surface area contributed by atoms with Crippen molar-refractivity contribution < 1.29 is 14.3 Å². The molecule has 0 atom stereocenters. The number of hydrogen-bond donors (Lipinski definition) is 1. The van der Waals surface area contributed by atoms with Crippen LogP contribution in [0.3, 0.4) is 0 Å². The van der Waals surface area contributed by atoms with Crippen molar-refractivity contribution in [2.24, 2.45) is 0 Å². The number of carbonyl (C=O) groups excluding carboxylic acids is 1. The zero-order valence-electron chi connectivity index (χ0n) is 9.03. The number of terminal acetylenes is 1. The first kappa shape index (κ1) is 11.9. The third-order valence-corrected chi connectivity index (χ3v) is 1.82. The Labute approximate surface area is 94.6 Å². The van der Waals surface area contributed by atoms with Crippen molar-refractivity contribution in [2.75, 3.05) is 20.3 Å². The highest BCUT2D eigenvalue weighted by atomic mass is 16.5. The second kappa shape index (κ2) is 6.36. The molecule has 4 heteroatoms. The standard InChI is InChI=1S/C12H13NO3/c1-3-8-13-12(14)9-16-11-7-5-4-6-10(11)15-2/h1,4-7H,8-9H2,2H3,(H,13,14). The van der Waals surface area contributed by atoms with E-state index in [9.17, 15) is 4.79 Å². The van der Waals surface area contributed by atoms with Crippen molar-refractivity contribution in [3.8, 4) is 23.8 Å². The van der Waals surface area contributed by atoms with E-state index in [2.05, 4.69) is 11.2 Å². The van der Waals surface area contributed by atoms with E-state index in [-0.39, 0.29) is 19.1 Å².